The number of hydrogen-bond donors (Lipinski definition) is 2. The van der Waals surface area contributed by atoms with E-state index in [1.807, 2.05) is 20.8 Å². The van der Waals surface area contributed by atoms with Gasteiger partial charge in [-0.1, -0.05) is 26.8 Å². The molecule has 1 aliphatic rings. The van der Waals surface area contributed by atoms with Crippen molar-refractivity contribution in [2.75, 3.05) is 39.3 Å². The van der Waals surface area contributed by atoms with Crippen LogP contribution < -0.4 is 0 Å². The highest BCUT2D eigenvalue weighted by atomic mass is 19.2. The summed E-state index contributed by atoms with van der Waals surface area (Å²) in [6.45, 7) is 10.3. The first-order chi connectivity index (χ1) is 11.2. The minimum Gasteiger partial charge on any atom is -0.391 e. The molecular formula is C18H28F2N2O2. The first-order valence-corrected chi connectivity index (χ1v) is 8.42. The Labute approximate surface area is 142 Å². The first-order valence-electron chi connectivity index (χ1n) is 8.42. The molecule has 0 bridgehead atoms. The number of rotatable bonds is 5. The van der Waals surface area contributed by atoms with Crippen LogP contribution in [-0.4, -0.2) is 65.4 Å². The highest BCUT2D eigenvalue weighted by Gasteiger charge is 2.27. The fourth-order valence-corrected chi connectivity index (χ4v) is 2.74. The predicted molar refractivity (Wildman–Crippen MR) is 89.7 cm³/mol. The molecule has 1 fully saturated rings. The Morgan fingerprint density at radius 2 is 1.50 bits per heavy atom. The second kappa shape index (κ2) is 7.87. The number of hydrogen-bond acceptors (Lipinski definition) is 4. The lowest BCUT2D eigenvalue weighted by molar-refractivity contribution is 0.00716. The van der Waals surface area contributed by atoms with E-state index in [0.29, 0.717) is 18.7 Å². The summed E-state index contributed by atoms with van der Waals surface area (Å²) >= 11 is 0. The lowest BCUT2D eigenvalue weighted by atomic mass is 9.89. The summed E-state index contributed by atoms with van der Waals surface area (Å²) < 4.78 is 26.2. The smallest absolute Gasteiger partial charge is 0.159 e. The molecule has 2 atom stereocenters. The van der Waals surface area contributed by atoms with Gasteiger partial charge in [0.1, 0.15) is 0 Å². The molecule has 1 heterocycles. The second-order valence-electron chi connectivity index (χ2n) is 7.67. The van der Waals surface area contributed by atoms with E-state index in [1.54, 1.807) is 0 Å². The maximum atomic E-state index is 13.3. The minimum atomic E-state index is -0.937. The summed E-state index contributed by atoms with van der Waals surface area (Å²) in [5.41, 5.74) is 0.250. The number of piperazine rings is 1. The van der Waals surface area contributed by atoms with Crippen LogP contribution in [0, 0.1) is 17.0 Å². The van der Waals surface area contributed by atoms with Gasteiger partial charge in [-0.05, 0) is 23.1 Å². The van der Waals surface area contributed by atoms with E-state index in [0.717, 1.165) is 38.3 Å². The molecule has 2 N–H and O–H groups in total. The van der Waals surface area contributed by atoms with Crippen LogP contribution in [0.1, 0.15) is 32.4 Å². The summed E-state index contributed by atoms with van der Waals surface area (Å²) in [5.74, 6) is -1.84. The van der Waals surface area contributed by atoms with E-state index >= 15 is 0 Å². The van der Waals surface area contributed by atoms with Gasteiger partial charge < -0.3 is 10.2 Å². The SMILES string of the molecule is CC(C)(C)[C@@H](O)CN1CCN(C[C@@H](O)c2ccc(F)c(F)c2)CC1. The molecule has 1 aliphatic heterocycles. The van der Waals surface area contributed by atoms with Crippen molar-refractivity contribution in [2.24, 2.45) is 5.41 Å². The van der Waals surface area contributed by atoms with E-state index < -0.39 is 17.7 Å². The summed E-state index contributed by atoms with van der Waals surface area (Å²) in [4.78, 5) is 4.32. The van der Waals surface area contributed by atoms with Crippen molar-refractivity contribution in [1.82, 2.24) is 9.80 Å². The van der Waals surface area contributed by atoms with Crippen LogP contribution in [-0.2, 0) is 0 Å². The molecule has 1 aromatic carbocycles. The zero-order valence-corrected chi connectivity index (χ0v) is 14.7. The predicted octanol–water partition coefficient (Wildman–Crippen LogP) is 2.02. The number of aliphatic hydroxyl groups is 2. The molecule has 0 unspecified atom stereocenters. The average molecular weight is 342 g/mol. The molecule has 1 aromatic rings. The monoisotopic (exact) mass is 342 g/mol. The minimum absolute atomic E-state index is 0.139. The Morgan fingerprint density at radius 1 is 0.958 bits per heavy atom. The number of aliphatic hydroxyl groups excluding tert-OH is 2. The topological polar surface area (TPSA) is 46.9 Å². The Kier molecular flexibility index (Phi) is 6.31. The van der Waals surface area contributed by atoms with E-state index in [4.69, 9.17) is 0 Å². The summed E-state index contributed by atoms with van der Waals surface area (Å²) in [6, 6.07) is 3.51. The highest BCUT2D eigenvalue weighted by molar-refractivity contribution is 5.20. The fraction of sp³-hybridized carbons (Fsp3) is 0.667. The maximum absolute atomic E-state index is 13.3. The maximum Gasteiger partial charge on any atom is 0.159 e. The van der Waals surface area contributed by atoms with Gasteiger partial charge in [-0.2, -0.15) is 0 Å². The lowest BCUT2D eigenvalue weighted by Crippen LogP contribution is -2.50. The van der Waals surface area contributed by atoms with Gasteiger partial charge in [-0.15, -0.1) is 0 Å². The van der Waals surface area contributed by atoms with Crippen molar-refractivity contribution >= 4 is 0 Å². The molecule has 0 amide bonds. The zero-order chi connectivity index (χ0) is 17.9. The molecule has 136 valence electrons. The largest absolute Gasteiger partial charge is 0.391 e. The van der Waals surface area contributed by atoms with Crippen LogP contribution in [0.3, 0.4) is 0 Å². The average Bonchev–Trinajstić information content (AvgIpc) is 2.51. The van der Waals surface area contributed by atoms with Crippen molar-refractivity contribution in [2.45, 2.75) is 33.0 Å². The van der Waals surface area contributed by atoms with Crippen LogP contribution in [0.25, 0.3) is 0 Å². The van der Waals surface area contributed by atoms with Gasteiger partial charge in [0.05, 0.1) is 12.2 Å². The molecule has 1 saturated heterocycles. The Morgan fingerprint density at radius 3 is 2.00 bits per heavy atom. The number of benzene rings is 1. The van der Waals surface area contributed by atoms with E-state index in [-0.39, 0.29) is 11.5 Å². The molecule has 0 radical (unpaired) electrons. The molecule has 24 heavy (non-hydrogen) atoms. The van der Waals surface area contributed by atoms with Gasteiger partial charge in [-0.3, -0.25) is 9.80 Å². The number of nitrogens with zero attached hydrogens (tertiary/aromatic N) is 2. The van der Waals surface area contributed by atoms with Crippen molar-refractivity contribution in [3.8, 4) is 0 Å². The van der Waals surface area contributed by atoms with E-state index in [9.17, 15) is 19.0 Å². The molecule has 0 spiro atoms. The lowest BCUT2D eigenvalue weighted by Gasteiger charge is -2.38. The molecule has 2 rings (SSSR count). The summed E-state index contributed by atoms with van der Waals surface area (Å²) in [7, 11) is 0. The second-order valence-corrected chi connectivity index (χ2v) is 7.67. The van der Waals surface area contributed by atoms with Crippen molar-refractivity contribution in [1.29, 1.82) is 0 Å². The number of halogens is 2. The van der Waals surface area contributed by atoms with Gasteiger partial charge in [0.15, 0.2) is 11.6 Å². The first kappa shape index (κ1) is 19.2. The van der Waals surface area contributed by atoms with E-state index in [1.165, 1.54) is 6.07 Å². The van der Waals surface area contributed by atoms with Crippen LogP contribution in [0.4, 0.5) is 8.78 Å². The van der Waals surface area contributed by atoms with Crippen LogP contribution in [0.2, 0.25) is 0 Å². The van der Waals surface area contributed by atoms with Crippen molar-refractivity contribution in [3.63, 3.8) is 0 Å². The molecule has 0 aromatic heterocycles. The van der Waals surface area contributed by atoms with Gasteiger partial charge >= 0.3 is 0 Å². The standard InChI is InChI=1S/C18H28F2N2O2/c1-18(2,3)17(24)12-22-8-6-21(7-9-22)11-16(23)13-4-5-14(19)15(20)10-13/h4-5,10,16-17,23-24H,6-9,11-12H2,1-3H3/t16-,17+/m1/s1. The van der Waals surface area contributed by atoms with Crippen LogP contribution in [0.15, 0.2) is 18.2 Å². The van der Waals surface area contributed by atoms with Crippen molar-refractivity contribution < 1.29 is 19.0 Å². The zero-order valence-electron chi connectivity index (χ0n) is 14.7. The molecule has 6 heteroatoms. The molecular weight excluding hydrogens is 314 g/mol. The summed E-state index contributed by atoms with van der Waals surface area (Å²) in [5, 5.41) is 20.4. The van der Waals surface area contributed by atoms with Gasteiger partial charge in [0.2, 0.25) is 0 Å². The van der Waals surface area contributed by atoms with Crippen molar-refractivity contribution in [3.05, 3.63) is 35.4 Å². The molecule has 4 nitrogen and oxygen atoms in total. The van der Waals surface area contributed by atoms with E-state index in [2.05, 4.69) is 9.80 Å². The Hall–Kier alpha value is -1.08. The molecule has 0 aliphatic carbocycles. The molecule has 0 saturated carbocycles. The summed E-state index contributed by atoms with van der Waals surface area (Å²) in [6.07, 6.45) is -1.22. The van der Waals surface area contributed by atoms with Gasteiger partial charge in [0.25, 0.3) is 0 Å². The fourth-order valence-electron chi connectivity index (χ4n) is 2.74. The quantitative estimate of drug-likeness (QED) is 0.860. The highest BCUT2D eigenvalue weighted by Crippen LogP contribution is 2.21. The van der Waals surface area contributed by atoms with Crippen LogP contribution >= 0.6 is 0 Å². The normalized spacial score (nSPS) is 20.1. The van der Waals surface area contributed by atoms with Gasteiger partial charge in [-0.25, -0.2) is 8.78 Å². The third-order valence-electron chi connectivity index (χ3n) is 4.66. The Bertz CT molecular complexity index is 540. The van der Waals surface area contributed by atoms with Crippen LogP contribution in [0.5, 0.6) is 0 Å². The number of β-amino-alcohol motifs (C(OH)–C–C–N with tert-alkyl or cyclic N) is 2. The van der Waals surface area contributed by atoms with Gasteiger partial charge in [0, 0.05) is 39.3 Å². The Balaban J connectivity index is 1.81. The third-order valence-corrected chi connectivity index (χ3v) is 4.66. The third kappa shape index (κ3) is 5.21.